The number of hydrogen-bond donors (Lipinski definition) is 4. The Labute approximate surface area is 233 Å². The SMILES string of the molecule is Cc1cccc(C(C(=O)Nc2c(C)cccc2Cl)N(CCO)C(=O)C(CC(N)=O)NC(=O)OC(C)(C)C)c1C. The van der Waals surface area contributed by atoms with E-state index in [1.165, 1.54) is 0 Å². The third-order valence-corrected chi connectivity index (χ3v) is 6.30. The maximum atomic E-state index is 13.9. The molecule has 2 rings (SSSR count). The number of benzene rings is 2. The van der Waals surface area contributed by atoms with E-state index in [9.17, 15) is 24.3 Å². The van der Waals surface area contributed by atoms with Gasteiger partial charge >= 0.3 is 6.09 Å². The monoisotopic (exact) mass is 560 g/mol. The lowest BCUT2D eigenvalue weighted by molar-refractivity contribution is -0.142. The van der Waals surface area contributed by atoms with E-state index in [2.05, 4.69) is 10.6 Å². The Morgan fingerprint density at radius 2 is 1.67 bits per heavy atom. The van der Waals surface area contributed by atoms with Gasteiger partial charge in [-0.2, -0.15) is 0 Å². The van der Waals surface area contributed by atoms with Crippen LogP contribution in [0.15, 0.2) is 36.4 Å². The fraction of sp³-hybridized carbons (Fsp3) is 0.429. The van der Waals surface area contributed by atoms with Gasteiger partial charge in [0.25, 0.3) is 5.91 Å². The first-order valence-corrected chi connectivity index (χ1v) is 12.8. The smallest absolute Gasteiger partial charge is 0.408 e. The molecular weight excluding hydrogens is 524 g/mol. The van der Waals surface area contributed by atoms with Crippen molar-refractivity contribution in [2.45, 2.75) is 65.6 Å². The Balaban J connectivity index is 2.61. The first-order chi connectivity index (χ1) is 18.2. The number of ether oxygens (including phenoxy) is 1. The minimum Gasteiger partial charge on any atom is -0.444 e. The second-order valence-electron chi connectivity index (χ2n) is 10.2. The molecule has 0 saturated heterocycles. The molecule has 2 aromatic rings. The fourth-order valence-corrected chi connectivity index (χ4v) is 4.30. The van der Waals surface area contributed by atoms with Crippen LogP contribution in [0.25, 0.3) is 0 Å². The van der Waals surface area contributed by atoms with Crippen molar-refractivity contribution in [2.24, 2.45) is 5.73 Å². The summed E-state index contributed by atoms with van der Waals surface area (Å²) in [5.41, 5.74) is 7.70. The summed E-state index contributed by atoms with van der Waals surface area (Å²) >= 11 is 6.35. The first kappa shape index (κ1) is 31.6. The van der Waals surface area contributed by atoms with Gasteiger partial charge in [-0.1, -0.05) is 41.9 Å². The van der Waals surface area contributed by atoms with Crippen LogP contribution in [0.3, 0.4) is 0 Å². The molecule has 0 saturated carbocycles. The van der Waals surface area contributed by atoms with Gasteiger partial charge in [0.05, 0.1) is 23.7 Å². The lowest BCUT2D eigenvalue weighted by Gasteiger charge is -2.35. The highest BCUT2D eigenvalue weighted by Gasteiger charge is 2.37. The zero-order chi connectivity index (χ0) is 29.5. The molecule has 5 N–H and O–H groups in total. The van der Waals surface area contributed by atoms with E-state index < -0.39 is 54.5 Å². The summed E-state index contributed by atoms with van der Waals surface area (Å²) in [5.74, 6) is -2.25. The number of aliphatic hydroxyl groups is 1. The van der Waals surface area contributed by atoms with Crippen LogP contribution >= 0.6 is 11.6 Å². The van der Waals surface area contributed by atoms with Crippen molar-refractivity contribution in [3.63, 3.8) is 0 Å². The van der Waals surface area contributed by atoms with E-state index in [1.54, 1.807) is 58.0 Å². The van der Waals surface area contributed by atoms with Gasteiger partial charge in [0.15, 0.2) is 0 Å². The minimum atomic E-state index is -1.45. The molecule has 212 valence electrons. The fourth-order valence-electron chi connectivity index (χ4n) is 4.03. The molecule has 2 atom stereocenters. The lowest BCUT2D eigenvalue weighted by atomic mass is 9.94. The van der Waals surface area contributed by atoms with E-state index in [4.69, 9.17) is 22.1 Å². The number of nitrogens with one attached hydrogen (secondary N) is 2. The van der Waals surface area contributed by atoms with Crippen LogP contribution in [0.5, 0.6) is 0 Å². The van der Waals surface area contributed by atoms with Crippen molar-refractivity contribution in [1.29, 1.82) is 0 Å². The number of amides is 4. The third kappa shape index (κ3) is 8.69. The summed E-state index contributed by atoms with van der Waals surface area (Å²) in [7, 11) is 0. The highest BCUT2D eigenvalue weighted by molar-refractivity contribution is 6.34. The van der Waals surface area contributed by atoms with Gasteiger partial charge < -0.3 is 31.1 Å². The van der Waals surface area contributed by atoms with Gasteiger partial charge in [-0.25, -0.2) is 4.79 Å². The summed E-state index contributed by atoms with van der Waals surface area (Å²) in [6.07, 6.45) is -1.49. The summed E-state index contributed by atoms with van der Waals surface area (Å²) in [4.78, 5) is 53.3. The standard InChI is InChI=1S/C28H37ClN4O6/c1-16-9-7-11-19(18(16)3)24(25(36)32-23-17(2)10-8-12-20(23)29)33(13-14-34)26(37)21(15-22(30)35)31-27(38)39-28(4,5)6/h7-12,21,24,34H,13-15H2,1-6H3,(H2,30,35)(H,31,38)(H,32,36). The normalized spacial score (nSPS) is 12.7. The number of aryl methyl sites for hydroxylation is 2. The number of halogens is 1. The number of nitrogens with two attached hydrogens (primary N) is 1. The molecule has 0 aliphatic heterocycles. The van der Waals surface area contributed by atoms with Crippen LogP contribution in [0.4, 0.5) is 10.5 Å². The lowest BCUT2D eigenvalue weighted by Crippen LogP contribution is -2.54. The maximum absolute atomic E-state index is 13.9. The molecule has 0 heterocycles. The summed E-state index contributed by atoms with van der Waals surface area (Å²) in [6.45, 7) is 9.61. The molecule has 0 fully saturated rings. The molecule has 0 radical (unpaired) electrons. The average Bonchev–Trinajstić information content (AvgIpc) is 2.81. The van der Waals surface area contributed by atoms with Crippen LogP contribution in [0.2, 0.25) is 5.02 Å². The van der Waals surface area contributed by atoms with Crippen molar-refractivity contribution in [2.75, 3.05) is 18.5 Å². The molecule has 0 aliphatic rings. The summed E-state index contributed by atoms with van der Waals surface area (Å²) < 4.78 is 5.26. The number of carbonyl (C=O) groups is 4. The number of alkyl carbamates (subject to hydrolysis) is 1. The van der Waals surface area contributed by atoms with Crippen LogP contribution < -0.4 is 16.4 Å². The van der Waals surface area contributed by atoms with Gasteiger partial charge in [-0.3, -0.25) is 14.4 Å². The second-order valence-corrected chi connectivity index (χ2v) is 10.6. The number of hydrogen-bond acceptors (Lipinski definition) is 6. The maximum Gasteiger partial charge on any atom is 0.408 e. The van der Waals surface area contributed by atoms with E-state index in [1.807, 2.05) is 19.9 Å². The molecule has 0 bridgehead atoms. The van der Waals surface area contributed by atoms with Crippen molar-refractivity contribution in [3.8, 4) is 0 Å². The third-order valence-electron chi connectivity index (χ3n) is 5.99. The largest absolute Gasteiger partial charge is 0.444 e. The molecule has 11 heteroatoms. The molecule has 0 spiro atoms. The van der Waals surface area contributed by atoms with Crippen LogP contribution in [-0.2, 0) is 19.1 Å². The zero-order valence-corrected chi connectivity index (χ0v) is 23.9. The van der Waals surface area contributed by atoms with Gasteiger partial charge in [0.2, 0.25) is 11.8 Å². The van der Waals surface area contributed by atoms with Crippen LogP contribution in [0.1, 0.15) is 55.5 Å². The van der Waals surface area contributed by atoms with E-state index in [-0.39, 0.29) is 6.54 Å². The second kappa shape index (κ2) is 13.4. The van der Waals surface area contributed by atoms with Gasteiger partial charge in [-0.15, -0.1) is 0 Å². The summed E-state index contributed by atoms with van der Waals surface area (Å²) in [6, 6.07) is 7.76. The minimum absolute atomic E-state index is 0.281. The molecular formula is C28H37ClN4O6. The molecule has 39 heavy (non-hydrogen) atoms. The van der Waals surface area contributed by atoms with E-state index >= 15 is 0 Å². The molecule has 4 amide bonds. The number of para-hydroxylation sites is 1. The van der Waals surface area contributed by atoms with E-state index in [0.717, 1.165) is 16.0 Å². The number of nitrogens with zero attached hydrogens (tertiary/aromatic N) is 1. The van der Waals surface area contributed by atoms with Crippen molar-refractivity contribution >= 4 is 41.1 Å². The quantitative estimate of drug-likeness (QED) is 0.349. The predicted octanol–water partition coefficient (Wildman–Crippen LogP) is 3.53. The topological polar surface area (TPSA) is 151 Å². The highest BCUT2D eigenvalue weighted by Crippen LogP contribution is 2.31. The predicted molar refractivity (Wildman–Crippen MR) is 149 cm³/mol. The Morgan fingerprint density at radius 1 is 1.05 bits per heavy atom. The van der Waals surface area contributed by atoms with Gasteiger partial charge in [-0.05, 0) is 69.9 Å². The number of aliphatic hydroxyl groups excluding tert-OH is 1. The Kier molecular flexibility index (Phi) is 10.9. The Hall–Kier alpha value is -3.63. The molecule has 0 aromatic heterocycles. The number of rotatable bonds is 10. The number of anilines is 1. The van der Waals surface area contributed by atoms with Crippen LogP contribution in [0, 0.1) is 20.8 Å². The highest BCUT2D eigenvalue weighted by atomic mass is 35.5. The Morgan fingerprint density at radius 3 is 2.23 bits per heavy atom. The van der Waals surface area contributed by atoms with Crippen molar-refractivity contribution in [3.05, 3.63) is 63.7 Å². The molecule has 0 aliphatic carbocycles. The van der Waals surface area contributed by atoms with Crippen molar-refractivity contribution < 1.29 is 29.0 Å². The number of primary amides is 1. The van der Waals surface area contributed by atoms with Gasteiger partial charge in [0.1, 0.15) is 17.7 Å². The molecule has 2 aromatic carbocycles. The summed E-state index contributed by atoms with van der Waals surface area (Å²) in [5, 5.41) is 15.4. The molecule has 10 nitrogen and oxygen atoms in total. The Bertz CT molecular complexity index is 1210. The average molecular weight is 561 g/mol. The number of carbonyl (C=O) groups excluding carboxylic acids is 4. The van der Waals surface area contributed by atoms with Crippen LogP contribution in [-0.4, -0.2) is 58.6 Å². The molecule has 2 unspecified atom stereocenters. The van der Waals surface area contributed by atoms with Gasteiger partial charge in [0, 0.05) is 6.54 Å². The van der Waals surface area contributed by atoms with E-state index in [0.29, 0.717) is 21.8 Å². The van der Waals surface area contributed by atoms with Crippen molar-refractivity contribution in [1.82, 2.24) is 10.2 Å². The zero-order valence-electron chi connectivity index (χ0n) is 23.1. The first-order valence-electron chi connectivity index (χ1n) is 12.5.